The van der Waals surface area contributed by atoms with E-state index in [-0.39, 0.29) is 17.9 Å². The summed E-state index contributed by atoms with van der Waals surface area (Å²) in [4.78, 5) is 32.3. The van der Waals surface area contributed by atoms with Crippen molar-refractivity contribution in [3.8, 4) is 0 Å². The lowest BCUT2D eigenvalue weighted by Gasteiger charge is -2.04. The Bertz CT molecular complexity index is 455. The van der Waals surface area contributed by atoms with Gasteiger partial charge in [0, 0.05) is 18.7 Å². The van der Waals surface area contributed by atoms with E-state index in [1.165, 1.54) is 24.3 Å². The Morgan fingerprint density at radius 2 is 1.94 bits per heavy atom. The fourth-order valence-corrected chi connectivity index (χ4v) is 1.18. The molecule has 0 unspecified atom stereocenters. The smallest absolute Gasteiger partial charge is 0.338 e. The fourth-order valence-electron chi connectivity index (χ4n) is 1.18. The molecule has 18 heavy (non-hydrogen) atoms. The summed E-state index contributed by atoms with van der Waals surface area (Å²) in [5.41, 5.74) is 0.0418. The molecule has 0 spiro atoms. The Morgan fingerprint density at radius 3 is 2.44 bits per heavy atom. The Labute approximate surface area is 103 Å². The maximum Gasteiger partial charge on any atom is 0.338 e. The van der Waals surface area contributed by atoms with Gasteiger partial charge in [-0.1, -0.05) is 0 Å². The second-order valence-electron chi connectivity index (χ2n) is 3.33. The lowest BCUT2D eigenvalue weighted by atomic mass is 10.2. The second-order valence-corrected chi connectivity index (χ2v) is 3.33. The minimum Gasteiger partial charge on any atom is -0.452 e. The minimum atomic E-state index is -0.698. The Morgan fingerprint density at radius 1 is 1.33 bits per heavy atom. The molecule has 0 aliphatic heterocycles. The molecule has 0 saturated carbocycles. The minimum absolute atomic E-state index is 0.115. The van der Waals surface area contributed by atoms with E-state index in [0.29, 0.717) is 6.54 Å². The van der Waals surface area contributed by atoms with E-state index in [1.807, 2.05) is 0 Å². The summed E-state index contributed by atoms with van der Waals surface area (Å²) in [5, 5.41) is 12.9. The quantitative estimate of drug-likeness (QED) is 0.476. The lowest BCUT2D eigenvalue weighted by Crippen LogP contribution is -2.28. The topological polar surface area (TPSA) is 98.5 Å². The number of hydrogen-bond acceptors (Lipinski definition) is 5. The predicted molar refractivity (Wildman–Crippen MR) is 62.1 cm³/mol. The first-order chi connectivity index (χ1) is 8.54. The zero-order valence-electron chi connectivity index (χ0n) is 9.71. The van der Waals surface area contributed by atoms with Crippen molar-refractivity contribution < 1.29 is 19.2 Å². The highest BCUT2D eigenvalue weighted by Gasteiger charge is 2.11. The van der Waals surface area contributed by atoms with Crippen LogP contribution in [0.1, 0.15) is 17.3 Å². The van der Waals surface area contributed by atoms with Crippen molar-refractivity contribution >= 4 is 17.6 Å². The molecular weight excluding hydrogens is 240 g/mol. The zero-order chi connectivity index (χ0) is 13.5. The molecule has 0 radical (unpaired) electrons. The van der Waals surface area contributed by atoms with Crippen LogP contribution in [0.4, 0.5) is 5.69 Å². The number of nitrogens with one attached hydrogen (secondary N) is 1. The maximum atomic E-state index is 11.5. The Kier molecular flexibility index (Phi) is 4.79. The molecule has 1 N–H and O–H groups in total. The third-order valence-electron chi connectivity index (χ3n) is 2.02. The molecule has 0 saturated heterocycles. The van der Waals surface area contributed by atoms with Gasteiger partial charge in [0.25, 0.3) is 11.6 Å². The molecule has 7 heteroatoms. The summed E-state index contributed by atoms with van der Waals surface area (Å²) in [6, 6.07) is 4.95. The number of nitrogens with zero attached hydrogens (tertiary/aromatic N) is 1. The van der Waals surface area contributed by atoms with E-state index < -0.39 is 16.8 Å². The summed E-state index contributed by atoms with van der Waals surface area (Å²) in [5.74, 6) is -1.09. The van der Waals surface area contributed by atoms with Crippen LogP contribution in [-0.4, -0.2) is 30.0 Å². The molecule has 0 aliphatic carbocycles. The molecule has 1 rings (SSSR count). The van der Waals surface area contributed by atoms with E-state index in [9.17, 15) is 19.7 Å². The Hall–Kier alpha value is -2.44. The number of esters is 1. The number of hydrogen-bond donors (Lipinski definition) is 1. The van der Waals surface area contributed by atoms with Gasteiger partial charge in [-0.15, -0.1) is 0 Å². The van der Waals surface area contributed by atoms with Crippen molar-refractivity contribution in [1.29, 1.82) is 0 Å². The number of nitro groups is 1. The van der Waals surface area contributed by atoms with Gasteiger partial charge in [-0.25, -0.2) is 4.79 Å². The van der Waals surface area contributed by atoms with E-state index in [1.54, 1.807) is 6.92 Å². The number of nitro benzene ring substituents is 1. The number of amides is 1. The van der Waals surface area contributed by atoms with Crippen LogP contribution in [0.5, 0.6) is 0 Å². The average Bonchev–Trinajstić information content (AvgIpc) is 2.36. The molecule has 0 atom stereocenters. The second kappa shape index (κ2) is 6.33. The summed E-state index contributed by atoms with van der Waals surface area (Å²) in [6.45, 7) is 1.83. The van der Waals surface area contributed by atoms with Crippen molar-refractivity contribution in [1.82, 2.24) is 5.32 Å². The summed E-state index contributed by atoms with van der Waals surface area (Å²) >= 11 is 0. The van der Waals surface area contributed by atoms with Crippen LogP contribution in [0.15, 0.2) is 24.3 Å². The number of benzene rings is 1. The van der Waals surface area contributed by atoms with Crippen LogP contribution < -0.4 is 5.32 Å². The van der Waals surface area contributed by atoms with Crippen LogP contribution >= 0.6 is 0 Å². The van der Waals surface area contributed by atoms with Crippen molar-refractivity contribution in [3.05, 3.63) is 39.9 Å². The first-order valence-corrected chi connectivity index (χ1v) is 5.23. The van der Waals surface area contributed by atoms with Crippen LogP contribution in [0.2, 0.25) is 0 Å². The van der Waals surface area contributed by atoms with Crippen molar-refractivity contribution in [2.75, 3.05) is 13.2 Å². The predicted octanol–water partition coefficient (Wildman–Crippen LogP) is 0.888. The summed E-state index contributed by atoms with van der Waals surface area (Å²) < 4.78 is 4.72. The molecule has 1 aromatic carbocycles. The summed E-state index contributed by atoms with van der Waals surface area (Å²) in [6.07, 6.45) is 0. The zero-order valence-corrected chi connectivity index (χ0v) is 9.71. The van der Waals surface area contributed by atoms with Crippen LogP contribution in [-0.2, 0) is 9.53 Å². The first kappa shape index (κ1) is 13.6. The average molecular weight is 252 g/mol. The highest BCUT2D eigenvalue weighted by atomic mass is 16.6. The molecule has 1 amide bonds. The number of ether oxygens (including phenoxy) is 1. The number of non-ortho nitro benzene ring substituents is 1. The van der Waals surface area contributed by atoms with Crippen LogP contribution in [0.25, 0.3) is 0 Å². The van der Waals surface area contributed by atoms with Gasteiger partial charge in [0.2, 0.25) is 0 Å². The highest BCUT2D eigenvalue weighted by molar-refractivity contribution is 5.91. The maximum absolute atomic E-state index is 11.5. The number of likely N-dealkylation sites (N-methyl/N-ethyl adjacent to an activating group) is 1. The van der Waals surface area contributed by atoms with Crippen molar-refractivity contribution in [3.63, 3.8) is 0 Å². The highest BCUT2D eigenvalue weighted by Crippen LogP contribution is 2.12. The molecule has 0 aromatic heterocycles. The SMILES string of the molecule is CCNC(=O)COC(=O)c1ccc([N+](=O)[O-])cc1. The van der Waals surface area contributed by atoms with Gasteiger partial charge in [0.05, 0.1) is 10.5 Å². The van der Waals surface area contributed by atoms with Gasteiger partial charge in [-0.05, 0) is 19.1 Å². The fraction of sp³-hybridized carbons (Fsp3) is 0.273. The largest absolute Gasteiger partial charge is 0.452 e. The summed E-state index contributed by atoms with van der Waals surface area (Å²) in [7, 11) is 0. The third kappa shape index (κ3) is 3.85. The molecule has 0 heterocycles. The molecule has 96 valence electrons. The number of carbonyl (C=O) groups excluding carboxylic acids is 2. The lowest BCUT2D eigenvalue weighted by molar-refractivity contribution is -0.384. The number of rotatable bonds is 5. The normalized spacial score (nSPS) is 9.61. The molecule has 1 aromatic rings. The van der Waals surface area contributed by atoms with Gasteiger partial charge in [0.1, 0.15) is 0 Å². The van der Waals surface area contributed by atoms with Crippen molar-refractivity contribution in [2.24, 2.45) is 0 Å². The van der Waals surface area contributed by atoms with Crippen LogP contribution in [0.3, 0.4) is 0 Å². The molecule has 0 aliphatic rings. The first-order valence-electron chi connectivity index (χ1n) is 5.23. The van der Waals surface area contributed by atoms with E-state index in [0.717, 1.165) is 0 Å². The number of carbonyl (C=O) groups is 2. The van der Waals surface area contributed by atoms with E-state index >= 15 is 0 Å². The van der Waals surface area contributed by atoms with Crippen LogP contribution in [0, 0.1) is 10.1 Å². The standard InChI is InChI=1S/C11H12N2O5/c1-2-12-10(14)7-18-11(15)8-3-5-9(6-4-8)13(16)17/h3-6H,2,7H2,1H3,(H,12,14). The van der Waals surface area contributed by atoms with E-state index in [4.69, 9.17) is 4.74 Å². The van der Waals surface area contributed by atoms with Gasteiger partial charge in [0.15, 0.2) is 6.61 Å². The third-order valence-corrected chi connectivity index (χ3v) is 2.02. The van der Waals surface area contributed by atoms with E-state index in [2.05, 4.69) is 5.32 Å². The van der Waals surface area contributed by atoms with Gasteiger partial charge >= 0.3 is 5.97 Å². The van der Waals surface area contributed by atoms with Gasteiger partial charge < -0.3 is 10.1 Å². The Balaban J connectivity index is 2.56. The molecule has 0 bridgehead atoms. The molecule has 7 nitrogen and oxygen atoms in total. The van der Waals surface area contributed by atoms with Crippen molar-refractivity contribution in [2.45, 2.75) is 6.92 Å². The van der Waals surface area contributed by atoms with Gasteiger partial charge in [-0.3, -0.25) is 14.9 Å². The monoisotopic (exact) mass is 252 g/mol. The molecule has 0 fully saturated rings. The van der Waals surface area contributed by atoms with Gasteiger partial charge in [-0.2, -0.15) is 0 Å². The molecular formula is C11H12N2O5.